The molecular weight excluding hydrogens is 234 g/mol. The fourth-order valence-electron chi connectivity index (χ4n) is 1.79. The summed E-state index contributed by atoms with van der Waals surface area (Å²) in [6, 6.07) is -0.0451. The van der Waals surface area contributed by atoms with Gasteiger partial charge in [0.15, 0.2) is 0 Å². The van der Waals surface area contributed by atoms with Gasteiger partial charge in [-0.1, -0.05) is 0 Å². The molecule has 0 bridgehead atoms. The molecule has 0 aliphatic carbocycles. The minimum atomic E-state index is -0.484. The van der Waals surface area contributed by atoms with E-state index in [4.69, 9.17) is 10.5 Å². The quantitative estimate of drug-likeness (QED) is 0.717. The Hall–Kier alpha value is -1.30. The lowest BCUT2D eigenvalue weighted by Crippen LogP contribution is -2.35. The van der Waals surface area contributed by atoms with Crippen LogP contribution in [0.15, 0.2) is 0 Å². The summed E-state index contributed by atoms with van der Waals surface area (Å²) in [5.74, 6) is 0.0970. The zero-order valence-corrected chi connectivity index (χ0v) is 11.4. The molecule has 2 amide bonds. The number of alkyl carbamates (subject to hydrolysis) is 1. The van der Waals surface area contributed by atoms with Crippen molar-refractivity contribution in [2.75, 3.05) is 19.6 Å². The third kappa shape index (κ3) is 5.35. The average molecular weight is 257 g/mol. The van der Waals surface area contributed by atoms with Gasteiger partial charge in [-0.25, -0.2) is 4.79 Å². The number of nitrogens with one attached hydrogen (secondary N) is 1. The second-order valence-corrected chi connectivity index (χ2v) is 5.59. The van der Waals surface area contributed by atoms with E-state index in [2.05, 4.69) is 5.32 Å². The molecule has 3 N–H and O–H groups in total. The summed E-state index contributed by atoms with van der Waals surface area (Å²) in [5, 5.41) is 2.66. The average Bonchev–Trinajstić information content (AvgIpc) is 2.49. The van der Waals surface area contributed by atoms with Gasteiger partial charge in [-0.05, 0) is 27.2 Å². The highest BCUT2D eigenvalue weighted by atomic mass is 16.6. The molecule has 1 atom stereocenters. The Kier molecular flexibility index (Phi) is 4.95. The standard InChI is InChI=1S/C12H23N3O3/c1-12(2,3)18-11(17)14-5-4-6-15-8-9(13)7-10(15)16/h9H,4-8,13H2,1-3H3,(H,14,17). The minimum absolute atomic E-state index is 0.0451. The van der Waals surface area contributed by atoms with E-state index in [9.17, 15) is 9.59 Å². The molecule has 1 aliphatic rings. The maximum atomic E-state index is 11.4. The van der Waals surface area contributed by atoms with Crippen LogP contribution in [0.2, 0.25) is 0 Å². The number of nitrogens with zero attached hydrogens (tertiary/aromatic N) is 1. The Morgan fingerprint density at radius 1 is 1.56 bits per heavy atom. The van der Waals surface area contributed by atoms with Gasteiger partial charge in [0.05, 0.1) is 0 Å². The van der Waals surface area contributed by atoms with Gasteiger partial charge in [-0.15, -0.1) is 0 Å². The number of hydrogen-bond acceptors (Lipinski definition) is 4. The van der Waals surface area contributed by atoms with E-state index < -0.39 is 11.7 Å². The first kappa shape index (κ1) is 14.8. The first-order valence-electron chi connectivity index (χ1n) is 6.28. The Morgan fingerprint density at radius 3 is 2.72 bits per heavy atom. The van der Waals surface area contributed by atoms with Crippen molar-refractivity contribution in [2.24, 2.45) is 5.73 Å². The molecule has 0 aromatic carbocycles. The molecular formula is C12H23N3O3. The zero-order valence-electron chi connectivity index (χ0n) is 11.4. The molecule has 1 heterocycles. The molecule has 0 saturated carbocycles. The van der Waals surface area contributed by atoms with Crippen LogP contribution in [0.4, 0.5) is 4.79 Å². The highest BCUT2D eigenvalue weighted by Crippen LogP contribution is 2.09. The lowest BCUT2D eigenvalue weighted by Gasteiger charge is -2.20. The summed E-state index contributed by atoms with van der Waals surface area (Å²) in [7, 11) is 0. The number of rotatable bonds is 4. The van der Waals surface area contributed by atoms with Gasteiger partial charge in [-0.3, -0.25) is 4.79 Å². The number of hydrogen-bond donors (Lipinski definition) is 2. The van der Waals surface area contributed by atoms with E-state index in [1.807, 2.05) is 20.8 Å². The van der Waals surface area contributed by atoms with Crippen LogP contribution in [-0.4, -0.2) is 48.2 Å². The second-order valence-electron chi connectivity index (χ2n) is 5.59. The molecule has 0 aromatic rings. The van der Waals surface area contributed by atoms with Gasteiger partial charge >= 0.3 is 6.09 Å². The Bertz CT molecular complexity index is 312. The second kappa shape index (κ2) is 6.04. The van der Waals surface area contributed by atoms with Crippen LogP contribution >= 0.6 is 0 Å². The van der Waals surface area contributed by atoms with Gasteiger partial charge in [0.25, 0.3) is 0 Å². The molecule has 1 saturated heterocycles. The lowest BCUT2D eigenvalue weighted by molar-refractivity contribution is -0.127. The van der Waals surface area contributed by atoms with Crippen LogP contribution in [0, 0.1) is 0 Å². The van der Waals surface area contributed by atoms with E-state index in [0.717, 1.165) is 0 Å². The fraction of sp³-hybridized carbons (Fsp3) is 0.833. The molecule has 6 nitrogen and oxygen atoms in total. The van der Waals surface area contributed by atoms with Gasteiger partial charge in [-0.2, -0.15) is 0 Å². The molecule has 1 aliphatic heterocycles. The maximum Gasteiger partial charge on any atom is 0.407 e. The summed E-state index contributed by atoms with van der Waals surface area (Å²) < 4.78 is 5.10. The van der Waals surface area contributed by atoms with Crippen LogP contribution in [0.5, 0.6) is 0 Å². The number of likely N-dealkylation sites (tertiary alicyclic amines) is 1. The summed E-state index contributed by atoms with van der Waals surface area (Å²) in [5.41, 5.74) is 5.20. The fourth-order valence-corrected chi connectivity index (χ4v) is 1.79. The monoisotopic (exact) mass is 257 g/mol. The number of carbonyl (C=O) groups excluding carboxylic acids is 2. The van der Waals surface area contributed by atoms with Crippen molar-refractivity contribution in [1.82, 2.24) is 10.2 Å². The lowest BCUT2D eigenvalue weighted by atomic mass is 10.2. The topological polar surface area (TPSA) is 84.7 Å². The smallest absolute Gasteiger partial charge is 0.407 e. The third-order valence-electron chi connectivity index (χ3n) is 2.52. The Labute approximate surface area is 108 Å². The van der Waals surface area contributed by atoms with Crippen LogP contribution in [0.25, 0.3) is 0 Å². The van der Waals surface area contributed by atoms with E-state index in [1.54, 1.807) is 4.90 Å². The maximum absolute atomic E-state index is 11.4. The van der Waals surface area contributed by atoms with Gasteiger partial charge < -0.3 is 20.7 Å². The molecule has 0 spiro atoms. The van der Waals surface area contributed by atoms with Crippen molar-refractivity contribution in [2.45, 2.75) is 45.3 Å². The minimum Gasteiger partial charge on any atom is -0.444 e. The van der Waals surface area contributed by atoms with Crippen molar-refractivity contribution < 1.29 is 14.3 Å². The largest absolute Gasteiger partial charge is 0.444 e. The zero-order chi connectivity index (χ0) is 13.8. The number of nitrogens with two attached hydrogens (primary N) is 1. The summed E-state index contributed by atoms with van der Waals surface area (Å²) >= 11 is 0. The number of amides is 2. The van der Waals surface area contributed by atoms with Crippen molar-refractivity contribution in [3.63, 3.8) is 0 Å². The predicted octanol–water partition coefficient (Wildman–Crippen LogP) is 0.461. The van der Waals surface area contributed by atoms with Crippen LogP contribution in [0.1, 0.15) is 33.6 Å². The van der Waals surface area contributed by atoms with Crippen LogP contribution < -0.4 is 11.1 Å². The predicted molar refractivity (Wildman–Crippen MR) is 68.0 cm³/mol. The van der Waals surface area contributed by atoms with Gasteiger partial charge in [0, 0.05) is 32.1 Å². The Balaban J connectivity index is 2.12. The summed E-state index contributed by atoms with van der Waals surface area (Å²) in [6.07, 6.45) is 0.712. The molecule has 1 rings (SSSR count). The summed E-state index contributed by atoms with van der Waals surface area (Å²) in [6.45, 7) is 7.19. The highest BCUT2D eigenvalue weighted by molar-refractivity contribution is 5.79. The van der Waals surface area contributed by atoms with Crippen molar-refractivity contribution in [1.29, 1.82) is 0 Å². The molecule has 6 heteroatoms. The SMILES string of the molecule is CC(C)(C)OC(=O)NCCCN1CC(N)CC1=O. The molecule has 0 aromatic heterocycles. The van der Waals surface area contributed by atoms with Gasteiger partial charge in [0.2, 0.25) is 5.91 Å². The van der Waals surface area contributed by atoms with Crippen molar-refractivity contribution in [3.8, 4) is 0 Å². The highest BCUT2D eigenvalue weighted by Gasteiger charge is 2.26. The first-order chi connectivity index (χ1) is 8.28. The third-order valence-corrected chi connectivity index (χ3v) is 2.52. The van der Waals surface area contributed by atoms with Crippen molar-refractivity contribution >= 4 is 12.0 Å². The van der Waals surface area contributed by atoms with E-state index in [1.165, 1.54) is 0 Å². The molecule has 0 radical (unpaired) electrons. The Morgan fingerprint density at radius 2 is 2.22 bits per heavy atom. The first-order valence-corrected chi connectivity index (χ1v) is 6.28. The van der Waals surface area contributed by atoms with E-state index >= 15 is 0 Å². The van der Waals surface area contributed by atoms with Crippen molar-refractivity contribution in [3.05, 3.63) is 0 Å². The van der Waals surface area contributed by atoms with E-state index in [0.29, 0.717) is 32.5 Å². The summed E-state index contributed by atoms with van der Waals surface area (Å²) in [4.78, 5) is 24.5. The number of ether oxygens (including phenoxy) is 1. The van der Waals surface area contributed by atoms with Crippen LogP contribution in [0.3, 0.4) is 0 Å². The normalized spacial score (nSPS) is 20.1. The van der Waals surface area contributed by atoms with Gasteiger partial charge in [0.1, 0.15) is 5.60 Å². The van der Waals surface area contributed by atoms with Crippen LogP contribution in [-0.2, 0) is 9.53 Å². The molecule has 18 heavy (non-hydrogen) atoms. The molecule has 1 fully saturated rings. The molecule has 1 unspecified atom stereocenters. The molecule has 104 valence electrons. The van der Waals surface area contributed by atoms with E-state index in [-0.39, 0.29) is 11.9 Å². The number of carbonyl (C=O) groups is 2.